The third-order valence-electron chi connectivity index (χ3n) is 5.52. The van der Waals surface area contributed by atoms with Crippen LogP contribution in [0.25, 0.3) is 11.5 Å². The Bertz CT molecular complexity index is 1280. The third kappa shape index (κ3) is 3.49. The summed E-state index contributed by atoms with van der Waals surface area (Å²) in [5.41, 5.74) is 0.453. The predicted molar refractivity (Wildman–Crippen MR) is 112 cm³/mol. The van der Waals surface area contributed by atoms with Crippen molar-refractivity contribution < 1.29 is 0 Å². The maximum absolute atomic E-state index is 12.4. The van der Waals surface area contributed by atoms with Gasteiger partial charge in [0.15, 0.2) is 5.82 Å². The van der Waals surface area contributed by atoms with E-state index in [1.807, 2.05) is 24.3 Å². The smallest absolute Gasteiger partial charge is 0.266 e. The Morgan fingerprint density at radius 3 is 2.60 bits per heavy atom. The summed E-state index contributed by atoms with van der Waals surface area (Å²) in [6.45, 7) is 2.14. The number of anilines is 1. The quantitative estimate of drug-likeness (QED) is 0.511. The second-order valence-electron chi connectivity index (χ2n) is 7.47. The van der Waals surface area contributed by atoms with E-state index in [1.165, 1.54) is 10.7 Å². The summed E-state index contributed by atoms with van der Waals surface area (Å²) in [6.07, 6.45) is 7.00. The predicted octanol–water partition coefficient (Wildman–Crippen LogP) is 1.35. The van der Waals surface area contributed by atoms with Crippen LogP contribution in [-0.4, -0.2) is 42.0 Å². The zero-order chi connectivity index (χ0) is 20.5. The second-order valence-corrected chi connectivity index (χ2v) is 7.47. The fourth-order valence-electron chi connectivity index (χ4n) is 3.89. The first kappa shape index (κ1) is 18.3. The molecule has 0 atom stereocenters. The molecule has 30 heavy (non-hydrogen) atoms. The molecule has 4 aromatic rings. The van der Waals surface area contributed by atoms with E-state index < -0.39 is 0 Å². The van der Waals surface area contributed by atoms with Gasteiger partial charge in [0.25, 0.3) is 11.1 Å². The van der Waals surface area contributed by atoms with Crippen LogP contribution in [0.4, 0.5) is 5.82 Å². The van der Waals surface area contributed by atoms with Crippen molar-refractivity contribution in [3.8, 4) is 5.82 Å². The third-order valence-corrected chi connectivity index (χ3v) is 5.52. The lowest BCUT2D eigenvalue weighted by Crippen LogP contribution is -2.38. The van der Waals surface area contributed by atoms with Gasteiger partial charge < -0.3 is 4.90 Å². The van der Waals surface area contributed by atoms with Crippen molar-refractivity contribution in [3.63, 3.8) is 0 Å². The van der Waals surface area contributed by atoms with Crippen molar-refractivity contribution in [2.24, 2.45) is 5.92 Å². The van der Waals surface area contributed by atoms with Gasteiger partial charge in [-0.3, -0.25) is 14.0 Å². The molecule has 0 spiro atoms. The largest absolute Gasteiger partial charge is 0.356 e. The fraction of sp³-hybridized carbons (Fsp3) is 0.286. The Hall–Kier alpha value is -3.75. The van der Waals surface area contributed by atoms with Crippen LogP contribution in [0.1, 0.15) is 12.8 Å². The Balaban J connectivity index is 1.30. The number of piperidine rings is 1. The van der Waals surface area contributed by atoms with Crippen LogP contribution in [0.3, 0.4) is 0 Å². The van der Waals surface area contributed by atoms with E-state index >= 15 is 0 Å². The van der Waals surface area contributed by atoms with Crippen LogP contribution in [0, 0.1) is 5.92 Å². The average molecular weight is 403 g/mol. The topological polar surface area (TPSA) is 90.3 Å². The van der Waals surface area contributed by atoms with Crippen molar-refractivity contribution in [2.75, 3.05) is 18.0 Å². The van der Waals surface area contributed by atoms with Gasteiger partial charge in [0.1, 0.15) is 11.5 Å². The summed E-state index contributed by atoms with van der Waals surface area (Å²) < 4.78 is 4.71. The van der Waals surface area contributed by atoms with E-state index in [4.69, 9.17) is 0 Å². The summed E-state index contributed by atoms with van der Waals surface area (Å²) in [5, 5.41) is 8.64. The molecule has 5 rings (SSSR count). The molecule has 0 unspecified atom stereocenters. The molecule has 0 aromatic carbocycles. The molecular weight excluding hydrogens is 382 g/mol. The Morgan fingerprint density at radius 2 is 1.80 bits per heavy atom. The Kier molecular flexibility index (Phi) is 4.62. The zero-order valence-corrected chi connectivity index (χ0v) is 16.3. The van der Waals surface area contributed by atoms with E-state index in [9.17, 15) is 9.59 Å². The highest BCUT2D eigenvalue weighted by Gasteiger charge is 2.22. The average Bonchev–Trinajstić information content (AvgIpc) is 3.31. The van der Waals surface area contributed by atoms with E-state index in [0.29, 0.717) is 29.7 Å². The van der Waals surface area contributed by atoms with Crippen LogP contribution in [0.15, 0.2) is 70.6 Å². The summed E-state index contributed by atoms with van der Waals surface area (Å²) >= 11 is 0. The molecule has 0 amide bonds. The first-order valence-electron chi connectivity index (χ1n) is 9.99. The van der Waals surface area contributed by atoms with Crippen molar-refractivity contribution in [2.45, 2.75) is 19.4 Å². The van der Waals surface area contributed by atoms with Gasteiger partial charge in [-0.05, 0) is 43.0 Å². The molecule has 9 heteroatoms. The van der Waals surface area contributed by atoms with E-state index in [1.54, 1.807) is 39.8 Å². The highest BCUT2D eigenvalue weighted by Crippen LogP contribution is 2.22. The Labute approximate surface area is 171 Å². The molecular formula is C21H21N7O2. The summed E-state index contributed by atoms with van der Waals surface area (Å²) in [5.74, 6) is 1.67. The van der Waals surface area contributed by atoms with E-state index in [2.05, 4.69) is 20.1 Å². The monoisotopic (exact) mass is 403 g/mol. The number of aromatic nitrogens is 6. The molecule has 1 fully saturated rings. The standard InChI is InChI=1S/C21H21N7O2/c29-20-6-5-18(27-11-3-9-22-27)24-28(20)15-16-7-12-25(13-8-16)19-14-21(30)26-10-2-1-4-17(26)23-19/h1-6,9-11,14,16H,7-8,12-13,15H2. The van der Waals surface area contributed by atoms with E-state index in [-0.39, 0.29) is 11.1 Å². The highest BCUT2D eigenvalue weighted by molar-refractivity contribution is 5.48. The summed E-state index contributed by atoms with van der Waals surface area (Å²) in [7, 11) is 0. The molecule has 0 radical (unpaired) electrons. The highest BCUT2D eigenvalue weighted by atomic mass is 16.1. The molecule has 1 saturated heterocycles. The SMILES string of the molecule is O=c1ccc(-n2cccn2)nn1CC1CCN(c2cc(=O)n3ccccc3n2)CC1. The van der Waals surface area contributed by atoms with Gasteiger partial charge in [0.2, 0.25) is 0 Å². The molecule has 0 N–H and O–H groups in total. The molecule has 1 aliphatic rings. The molecule has 152 valence electrons. The summed E-state index contributed by atoms with van der Waals surface area (Å²) in [6, 6.07) is 12.1. The maximum atomic E-state index is 12.4. The molecule has 5 heterocycles. The molecule has 1 aliphatic heterocycles. The van der Waals surface area contributed by atoms with Gasteiger partial charge >= 0.3 is 0 Å². The minimum absolute atomic E-state index is 0.0797. The fourth-order valence-corrected chi connectivity index (χ4v) is 3.89. The van der Waals surface area contributed by atoms with Crippen molar-refractivity contribution in [1.29, 1.82) is 0 Å². The van der Waals surface area contributed by atoms with Gasteiger partial charge in [0, 0.05) is 50.4 Å². The summed E-state index contributed by atoms with van der Waals surface area (Å²) in [4.78, 5) is 31.4. The first-order chi connectivity index (χ1) is 14.7. The van der Waals surface area contributed by atoms with Crippen molar-refractivity contribution in [1.82, 2.24) is 28.9 Å². The number of nitrogens with zero attached hydrogens (tertiary/aromatic N) is 7. The van der Waals surface area contributed by atoms with E-state index in [0.717, 1.165) is 25.9 Å². The number of pyridine rings is 1. The maximum Gasteiger partial charge on any atom is 0.266 e. The van der Waals surface area contributed by atoms with Crippen LogP contribution < -0.4 is 16.0 Å². The molecule has 0 aliphatic carbocycles. The van der Waals surface area contributed by atoms with Gasteiger partial charge in [-0.15, -0.1) is 5.10 Å². The molecule has 4 aromatic heterocycles. The van der Waals surface area contributed by atoms with Crippen LogP contribution in [0.2, 0.25) is 0 Å². The number of hydrogen-bond acceptors (Lipinski definition) is 6. The molecule has 9 nitrogen and oxygen atoms in total. The first-order valence-corrected chi connectivity index (χ1v) is 9.99. The zero-order valence-electron chi connectivity index (χ0n) is 16.3. The second kappa shape index (κ2) is 7.58. The van der Waals surface area contributed by atoms with Crippen molar-refractivity contribution in [3.05, 3.63) is 81.8 Å². The Morgan fingerprint density at radius 1 is 0.933 bits per heavy atom. The van der Waals surface area contributed by atoms with Gasteiger partial charge in [-0.25, -0.2) is 14.3 Å². The van der Waals surface area contributed by atoms with Gasteiger partial charge in [0.05, 0.1) is 0 Å². The number of fused-ring (bicyclic) bond motifs is 1. The van der Waals surface area contributed by atoms with Crippen LogP contribution in [0.5, 0.6) is 0 Å². The van der Waals surface area contributed by atoms with Crippen LogP contribution >= 0.6 is 0 Å². The lowest BCUT2D eigenvalue weighted by Gasteiger charge is -2.32. The van der Waals surface area contributed by atoms with Crippen LogP contribution in [-0.2, 0) is 6.54 Å². The van der Waals surface area contributed by atoms with Crippen molar-refractivity contribution >= 4 is 11.5 Å². The lowest BCUT2D eigenvalue weighted by atomic mass is 9.97. The molecule has 0 saturated carbocycles. The minimum Gasteiger partial charge on any atom is -0.356 e. The lowest BCUT2D eigenvalue weighted by molar-refractivity contribution is 0.333. The minimum atomic E-state index is -0.113. The normalized spacial score (nSPS) is 15.0. The van der Waals surface area contributed by atoms with Gasteiger partial charge in [-0.1, -0.05) is 6.07 Å². The van der Waals surface area contributed by atoms with Gasteiger partial charge in [-0.2, -0.15) is 5.10 Å². The number of rotatable bonds is 4. The molecule has 0 bridgehead atoms. The number of hydrogen-bond donors (Lipinski definition) is 0.